The fourth-order valence-corrected chi connectivity index (χ4v) is 2.04. The van der Waals surface area contributed by atoms with Crippen LogP contribution in [0.25, 0.3) is 0 Å². The molecule has 0 atom stereocenters. The summed E-state index contributed by atoms with van der Waals surface area (Å²) in [6, 6.07) is 20.5. The Balaban J connectivity index is -0.000000195. The van der Waals surface area contributed by atoms with Gasteiger partial charge in [-0.05, 0) is 30.9 Å². The van der Waals surface area contributed by atoms with E-state index in [-0.39, 0.29) is 73.5 Å². The molecule has 0 unspecified atom stereocenters. The van der Waals surface area contributed by atoms with Crippen molar-refractivity contribution in [3.8, 4) is 0 Å². The molecule has 0 heterocycles. The second-order valence-electron chi connectivity index (χ2n) is 6.27. The van der Waals surface area contributed by atoms with Crippen LogP contribution in [0.5, 0.6) is 0 Å². The zero-order chi connectivity index (χ0) is 17.8. The Hall–Kier alpha value is -1.03. The number of benzene rings is 2. The maximum atomic E-state index is 11.2. The minimum absolute atomic E-state index is 0. The van der Waals surface area contributed by atoms with Gasteiger partial charge in [-0.15, -0.1) is 0 Å². The number of ether oxygens (including phenoxy) is 1. The Morgan fingerprint density at radius 1 is 0.857 bits per heavy atom. The quantitative estimate of drug-likeness (QED) is 0.534. The first kappa shape index (κ1) is 34.5. The van der Waals surface area contributed by atoms with Crippen molar-refractivity contribution in [2.45, 2.75) is 68.5 Å². The van der Waals surface area contributed by atoms with Crippen LogP contribution in [-0.4, -0.2) is 18.6 Å². The molecule has 2 aromatic carbocycles. The zero-order valence-corrected chi connectivity index (χ0v) is 18.6. The topological polar surface area (TPSA) is 38.3 Å². The van der Waals surface area contributed by atoms with E-state index in [2.05, 4.69) is 43.4 Å². The molecule has 2 rings (SSSR count). The molecule has 4 heteroatoms. The fraction of sp³-hybridized carbons (Fsp3) is 0.458. The molecule has 0 spiro atoms. The third kappa shape index (κ3) is 17.1. The van der Waals surface area contributed by atoms with Crippen molar-refractivity contribution in [3.63, 3.8) is 0 Å². The Kier molecular flexibility index (Phi) is 25.5. The maximum Gasteiger partial charge on any atom is 0.246 e. The first-order valence-corrected chi connectivity index (χ1v) is 8.45. The third-order valence-corrected chi connectivity index (χ3v) is 3.26. The Labute approximate surface area is 199 Å². The van der Waals surface area contributed by atoms with Crippen LogP contribution in [-0.2, 0) is 48.8 Å². The van der Waals surface area contributed by atoms with E-state index in [4.69, 9.17) is 4.74 Å². The van der Waals surface area contributed by atoms with E-state index >= 15 is 0 Å². The predicted molar refractivity (Wildman–Crippen MR) is 120 cm³/mol. The van der Waals surface area contributed by atoms with Gasteiger partial charge in [0.2, 0.25) is 5.91 Å². The van der Waals surface area contributed by atoms with Crippen molar-refractivity contribution in [2.24, 2.45) is 0 Å². The smallest absolute Gasteiger partial charge is 0.246 e. The normalized spacial score (nSPS) is 8.79. The van der Waals surface area contributed by atoms with Crippen LogP contribution in [0, 0.1) is 0 Å². The molecule has 0 saturated carbocycles. The minimum Gasteiger partial charge on any atom is -0.367 e. The molecule has 0 fully saturated rings. The third-order valence-electron chi connectivity index (χ3n) is 3.26. The second kappa shape index (κ2) is 20.7. The van der Waals surface area contributed by atoms with Crippen LogP contribution >= 0.6 is 0 Å². The van der Waals surface area contributed by atoms with Crippen LogP contribution in [0.15, 0.2) is 60.7 Å². The summed E-state index contributed by atoms with van der Waals surface area (Å²) in [5.74, 6) is 0.590. The average Bonchev–Trinajstić information content (AvgIpc) is 2.56. The molecule has 0 aliphatic carbocycles. The number of hydrogen-bond acceptors (Lipinski definition) is 2. The van der Waals surface area contributed by atoms with Crippen LogP contribution in [0.4, 0.5) is 0 Å². The van der Waals surface area contributed by atoms with Gasteiger partial charge in [0, 0.05) is 38.8 Å². The molecule has 0 aromatic heterocycles. The van der Waals surface area contributed by atoms with E-state index in [1.54, 1.807) is 0 Å². The zero-order valence-electron chi connectivity index (χ0n) is 15.7. The van der Waals surface area contributed by atoms with Gasteiger partial charge in [0.15, 0.2) is 0 Å². The number of carbonyl (C=O) groups excluding carboxylic acids is 1. The molecule has 0 aliphatic heterocycles. The Morgan fingerprint density at radius 2 is 1.32 bits per heavy atom. The van der Waals surface area contributed by atoms with Crippen molar-refractivity contribution < 1.29 is 42.2 Å². The van der Waals surface area contributed by atoms with Crippen LogP contribution in [0.2, 0.25) is 0 Å². The van der Waals surface area contributed by atoms with Crippen LogP contribution < -0.4 is 5.32 Å². The molecule has 1 N–H and O–H groups in total. The summed E-state index contributed by atoms with van der Waals surface area (Å²) >= 11 is 0. The molecule has 28 heavy (non-hydrogen) atoms. The summed E-state index contributed by atoms with van der Waals surface area (Å²) in [6.07, 6.45) is 0. The molecule has 157 valence electrons. The Morgan fingerprint density at radius 3 is 1.71 bits per heavy atom. The summed E-state index contributed by atoms with van der Waals surface area (Å²) in [7, 11) is 0. The first-order valence-electron chi connectivity index (χ1n) is 8.45. The van der Waals surface area contributed by atoms with Crippen molar-refractivity contribution in [1.29, 1.82) is 0 Å². The number of hydrogen-bond donors (Lipinski definition) is 1. The van der Waals surface area contributed by atoms with E-state index in [9.17, 15) is 4.79 Å². The summed E-state index contributed by atoms with van der Waals surface area (Å²) in [5.41, 5.74) is 2.49. The van der Waals surface area contributed by atoms with Gasteiger partial charge in [-0.2, -0.15) is 0 Å². The summed E-state index contributed by atoms with van der Waals surface area (Å²) in [4.78, 5) is 11.2. The number of amides is 1. The molecule has 1 amide bonds. The van der Waals surface area contributed by atoms with Crippen molar-refractivity contribution >= 4 is 5.91 Å². The second-order valence-corrected chi connectivity index (χ2v) is 6.27. The van der Waals surface area contributed by atoms with Gasteiger partial charge in [-0.25, -0.2) is 0 Å². The predicted octanol–water partition coefficient (Wildman–Crippen LogP) is 6.44. The molecule has 2 aromatic rings. The van der Waals surface area contributed by atoms with E-state index in [1.807, 2.05) is 50.2 Å². The van der Waals surface area contributed by atoms with Crippen molar-refractivity contribution in [3.05, 3.63) is 71.8 Å². The maximum absolute atomic E-state index is 11.2. The fourth-order valence-electron chi connectivity index (χ4n) is 2.04. The first-order chi connectivity index (χ1) is 11.5. The van der Waals surface area contributed by atoms with Gasteiger partial charge < -0.3 is 10.1 Å². The number of carbonyl (C=O) groups is 1. The van der Waals surface area contributed by atoms with Gasteiger partial charge in [-0.1, -0.05) is 96.8 Å². The SMILES string of the molecule is C.C.C.CC(C)NC(=O)COCc1ccccc1.CC(C)c1ccccc1.[Y]. The Bertz CT molecular complexity index is 572. The summed E-state index contributed by atoms with van der Waals surface area (Å²) < 4.78 is 5.27. The van der Waals surface area contributed by atoms with E-state index in [0.29, 0.717) is 12.5 Å². The van der Waals surface area contributed by atoms with Gasteiger partial charge in [0.1, 0.15) is 6.61 Å². The summed E-state index contributed by atoms with van der Waals surface area (Å²) in [5, 5.41) is 2.77. The van der Waals surface area contributed by atoms with Gasteiger partial charge in [0.25, 0.3) is 0 Å². The molecule has 0 aliphatic rings. The number of nitrogens with one attached hydrogen (secondary N) is 1. The molecular weight excluding hydrogens is 423 g/mol. The largest absolute Gasteiger partial charge is 0.367 e. The van der Waals surface area contributed by atoms with Crippen molar-refractivity contribution in [1.82, 2.24) is 5.32 Å². The standard InChI is InChI=1S/C12H17NO2.C9H12.3CH4.Y/c1-10(2)13-12(14)9-15-8-11-6-4-3-5-7-11;1-8(2)9-6-4-3-5-7-9;;;;/h3-7,10H,8-9H2,1-2H3,(H,13,14);3-8H,1-2H3;3*1H4;. The number of rotatable bonds is 6. The molecule has 1 radical (unpaired) electrons. The van der Waals surface area contributed by atoms with E-state index < -0.39 is 0 Å². The monoisotopic (exact) mass is 464 g/mol. The average molecular weight is 465 g/mol. The van der Waals surface area contributed by atoms with Crippen molar-refractivity contribution in [2.75, 3.05) is 6.61 Å². The van der Waals surface area contributed by atoms with Gasteiger partial charge in [-0.3, -0.25) is 4.79 Å². The van der Waals surface area contributed by atoms with Gasteiger partial charge in [0.05, 0.1) is 6.61 Å². The van der Waals surface area contributed by atoms with E-state index in [0.717, 1.165) is 5.56 Å². The summed E-state index contributed by atoms with van der Waals surface area (Å²) in [6.45, 7) is 8.86. The molecular formula is C24H41NO2Y. The van der Waals surface area contributed by atoms with Crippen LogP contribution in [0.3, 0.4) is 0 Å². The molecule has 0 bridgehead atoms. The minimum atomic E-state index is -0.0686. The van der Waals surface area contributed by atoms with Gasteiger partial charge >= 0.3 is 0 Å². The van der Waals surface area contributed by atoms with Crippen LogP contribution in [0.1, 0.15) is 67.0 Å². The molecule has 0 saturated heterocycles. The van der Waals surface area contributed by atoms with E-state index in [1.165, 1.54) is 5.56 Å². The molecule has 3 nitrogen and oxygen atoms in total.